The van der Waals surface area contributed by atoms with Gasteiger partial charge in [-0.1, -0.05) is 60.4 Å². The monoisotopic (exact) mass is 473 g/mol. The van der Waals surface area contributed by atoms with Crippen LogP contribution in [0, 0.1) is 0 Å². The molecular formula is C20H19N5O3S3. The number of thioether (sulfide) groups is 1. The zero-order valence-corrected chi connectivity index (χ0v) is 19.2. The normalized spacial score (nSPS) is 12.2. The second kappa shape index (κ2) is 9.69. The lowest BCUT2D eigenvalue weighted by Gasteiger charge is -2.12. The van der Waals surface area contributed by atoms with Crippen molar-refractivity contribution < 1.29 is 9.53 Å². The van der Waals surface area contributed by atoms with Gasteiger partial charge in [-0.3, -0.25) is 14.9 Å². The summed E-state index contributed by atoms with van der Waals surface area (Å²) >= 11 is 3.91. The highest BCUT2D eigenvalue weighted by molar-refractivity contribution is 8.00. The van der Waals surface area contributed by atoms with Crippen LogP contribution in [0.5, 0.6) is 0 Å². The van der Waals surface area contributed by atoms with Gasteiger partial charge < -0.3 is 9.72 Å². The average Bonchev–Trinajstić information content (AvgIpc) is 3.40. The molecule has 0 aliphatic rings. The summed E-state index contributed by atoms with van der Waals surface area (Å²) in [6.07, 6.45) is 0.557. The molecule has 1 atom stereocenters. The molecule has 8 nitrogen and oxygen atoms in total. The molecule has 0 fully saturated rings. The Labute approximate surface area is 190 Å². The van der Waals surface area contributed by atoms with Crippen molar-refractivity contribution in [1.29, 1.82) is 0 Å². The molecule has 4 rings (SSSR count). The smallest absolute Gasteiger partial charge is 0.260 e. The number of carbonyl (C=O) groups excluding carboxylic acids is 1. The summed E-state index contributed by atoms with van der Waals surface area (Å²) in [7, 11) is 1.57. The third-order valence-corrected chi connectivity index (χ3v) is 7.32. The molecule has 160 valence electrons. The fourth-order valence-electron chi connectivity index (χ4n) is 2.94. The summed E-state index contributed by atoms with van der Waals surface area (Å²) in [6, 6.07) is 9.74. The number of rotatable bonds is 8. The number of methoxy groups -OCH3 is 1. The maximum Gasteiger partial charge on any atom is 0.260 e. The number of ether oxygens (including phenoxy) is 1. The second-order valence-corrected chi connectivity index (χ2v) is 9.62. The van der Waals surface area contributed by atoms with Gasteiger partial charge in [-0.15, -0.1) is 21.5 Å². The third kappa shape index (κ3) is 4.85. The lowest BCUT2D eigenvalue weighted by Crippen LogP contribution is -2.25. The van der Waals surface area contributed by atoms with Gasteiger partial charge in [0.2, 0.25) is 11.0 Å². The van der Waals surface area contributed by atoms with Crippen LogP contribution in [-0.4, -0.2) is 38.4 Å². The van der Waals surface area contributed by atoms with Crippen LogP contribution in [0.3, 0.4) is 0 Å². The molecule has 31 heavy (non-hydrogen) atoms. The van der Waals surface area contributed by atoms with Gasteiger partial charge in [0, 0.05) is 18.1 Å². The second-order valence-electron chi connectivity index (χ2n) is 6.50. The molecule has 2 N–H and O–H groups in total. The molecule has 0 saturated carbocycles. The predicted octanol–water partition coefficient (Wildman–Crippen LogP) is 4.16. The van der Waals surface area contributed by atoms with Crippen LogP contribution in [0.1, 0.15) is 18.4 Å². The fraction of sp³-hybridized carbons (Fsp3) is 0.250. The van der Waals surface area contributed by atoms with E-state index >= 15 is 0 Å². The maximum atomic E-state index is 12.8. The van der Waals surface area contributed by atoms with Gasteiger partial charge in [-0.2, -0.15) is 0 Å². The number of benzene rings is 1. The topological polar surface area (TPSA) is 110 Å². The van der Waals surface area contributed by atoms with E-state index in [0.717, 1.165) is 11.1 Å². The molecule has 11 heteroatoms. The Morgan fingerprint density at radius 2 is 2.10 bits per heavy atom. The molecule has 0 aliphatic heterocycles. The van der Waals surface area contributed by atoms with Crippen molar-refractivity contribution in [3.63, 3.8) is 0 Å². The maximum absolute atomic E-state index is 12.8. The largest absolute Gasteiger partial charge is 0.377 e. The highest BCUT2D eigenvalue weighted by atomic mass is 32.2. The Bertz CT molecular complexity index is 1250. The van der Waals surface area contributed by atoms with E-state index in [-0.39, 0.29) is 11.5 Å². The first-order valence-electron chi connectivity index (χ1n) is 9.44. The van der Waals surface area contributed by atoms with E-state index in [2.05, 4.69) is 25.5 Å². The van der Waals surface area contributed by atoms with Gasteiger partial charge in [0.25, 0.3) is 5.56 Å². The van der Waals surface area contributed by atoms with Crippen LogP contribution < -0.4 is 10.9 Å². The number of fused-ring (bicyclic) bond motifs is 1. The van der Waals surface area contributed by atoms with E-state index in [1.807, 2.05) is 42.6 Å². The standard InChI is InChI=1S/C20H19N5O3S3/c1-3-13(16(26)21-20-25-24-14(31-20)9-28-2)30-19-22-17(27)15-12(10-29-18(15)23-19)11-7-5-4-6-8-11/h4-8,10,13H,3,9H2,1-2H3,(H,21,25,26)(H,22,23,27). The molecule has 0 aliphatic carbocycles. The molecule has 0 saturated heterocycles. The number of carbonyl (C=O) groups is 1. The van der Waals surface area contributed by atoms with Crippen molar-refractivity contribution >= 4 is 55.7 Å². The predicted molar refractivity (Wildman–Crippen MR) is 125 cm³/mol. The highest BCUT2D eigenvalue weighted by Crippen LogP contribution is 2.32. The van der Waals surface area contributed by atoms with Crippen LogP contribution in [0.25, 0.3) is 21.3 Å². The number of aromatic nitrogens is 4. The van der Waals surface area contributed by atoms with Crippen LogP contribution in [0.2, 0.25) is 0 Å². The first-order valence-corrected chi connectivity index (χ1v) is 12.0. The van der Waals surface area contributed by atoms with Crippen molar-refractivity contribution in [1.82, 2.24) is 20.2 Å². The number of nitrogens with one attached hydrogen (secondary N) is 2. The molecular weight excluding hydrogens is 454 g/mol. The summed E-state index contributed by atoms with van der Waals surface area (Å²) in [4.78, 5) is 33.6. The zero-order chi connectivity index (χ0) is 21.8. The minimum absolute atomic E-state index is 0.212. The molecule has 3 aromatic heterocycles. The van der Waals surface area contributed by atoms with Crippen LogP contribution in [0.4, 0.5) is 5.13 Å². The van der Waals surface area contributed by atoms with Crippen molar-refractivity contribution in [3.05, 3.63) is 51.1 Å². The van der Waals surface area contributed by atoms with Crippen LogP contribution in [-0.2, 0) is 16.1 Å². The molecule has 1 unspecified atom stereocenters. The molecule has 4 aromatic rings. The van der Waals surface area contributed by atoms with Crippen molar-refractivity contribution in [2.45, 2.75) is 30.4 Å². The number of aromatic amines is 1. The van der Waals surface area contributed by atoms with E-state index in [4.69, 9.17) is 4.74 Å². The Hall–Kier alpha value is -2.60. The first kappa shape index (κ1) is 21.6. The molecule has 0 bridgehead atoms. The van der Waals surface area contributed by atoms with E-state index in [1.54, 1.807) is 7.11 Å². The summed E-state index contributed by atoms with van der Waals surface area (Å²) in [6.45, 7) is 2.25. The number of amides is 1. The Kier molecular flexibility index (Phi) is 6.76. The Morgan fingerprint density at radius 3 is 2.84 bits per heavy atom. The number of hydrogen-bond acceptors (Lipinski definition) is 9. The van der Waals surface area contributed by atoms with Crippen molar-refractivity contribution in [2.24, 2.45) is 0 Å². The molecule has 0 spiro atoms. The lowest BCUT2D eigenvalue weighted by atomic mass is 10.1. The number of H-pyrrole nitrogens is 1. The zero-order valence-electron chi connectivity index (χ0n) is 16.7. The summed E-state index contributed by atoms with van der Waals surface area (Å²) in [5.41, 5.74) is 1.62. The Morgan fingerprint density at radius 1 is 1.29 bits per heavy atom. The fourth-order valence-corrected chi connectivity index (χ4v) is 5.56. The molecule has 3 heterocycles. The van der Waals surface area contributed by atoms with Gasteiger partial charge in [-0.05, 0) is 12.0 Å². The SMILES string of the molecule is CCC(Sc1nc2scc(-c3ccccc3)c2c(=O)[nH]1)C(=O)Nc1nnc(COC)s1. The number of nitrogens with zero attached hydrogens (tertiary/aromatic N) is 3. The third-order valence-electron chi connectivity index (χ3n) is 4.39. The van der Waals surface area contributed by atoms with E-state index < -0.39 is 5.25 Å². The number of anilines is 1. The van der Waals surface area contributed by atoms with E-state index in [9.17, 15) is 9.59 Å². The average molecular weight is 474 g/mol. The van der Waals surface area contributed by atoms with Gasteiger partial charge in [0.15, 0.2) is 5.16 Å². The molecule has 1 aromatic carbocycles. The van der Waals surface area contributed by atoms with Crippen LogP contribution >= 0.6 is 34.4 Å². The summed E-state index contributed by atoms with van der Waals surface area (Å²) < 4.78 is 5.02. The quantitative estimate of drug-likeness (QED) is 0.292. The summed E-state index contributed by atoms with van der Waals surface area (Å²) in [5.74, 6) is -0.216. The minimum Gasteiger partial charge on any atom is -0.377 e. The van der Waals surface area contributed by atoms with Gasteiger partial charge in [0.05, 0.1) is 10.6 Å². The lowest BCUT2D eigenvalue weighted by molar-refractivity contribution is -0.115. The highest BCUT2D eigenvalue weighted by Gasteiger charge is 2.22. The number of thiophene rings is 1. The summed E-state index contributed by atoms with van der Waals surface area (Å²) in [5, 5.41) is 14.3. The van der Waals surface area contributed by atoms with Crippen molar-refractivity contribution in [3.8, 4) is 11.1 Å². The Balaban J connectivity index is 1.54. The number of hydrogen-bond donors (Lipinski definition) is 2. The van der Waals surface area contributed by atoms with E-state index in [0.29, 0.717) is 38.5 Å². The van der Waals surface area contributed by atoms with Gasteiger partial charge in [-0.25, -0.2) is 4.98 Å². The van der Waals surface area contributed by atoms with Crippen molar-refractivity contribution in [2.75, 3.05) is 12.4 Å². The van der Waals surface area contributed by atoms with Gasteiger partial charge in [0.1, 0.15) is 16.4 Å². The minimum atomic E-state index is -0.441. The van der Waals surface area contributed by atoms with Crippen LogP contribution in [0.15, 0.2) is 45.7 Å². The molecule has 1 amide bonds. The van der Waals surface area contributed by atoms with Gasteiger partial charge >= 0.3 is 0 Å². The van der Waals surface area contributed by atoms with E-state index in [1.165, 1.54) is 34.4 Å². The molecule has 0 radical (unpaired) electrons. The first-order chi connectivity index (χ1) is 15.1.